The van der Waals surface area contributed by atoms with Gasteiger partial charge in [0.1, 0.15) is 5.54 Å². The van der Waals surface area contributed by atoms with Crippen LogP contribution in [0.15, 0.2) is 10.4 Å². The van der Waals surface area contributed by atoms with Crippen molar-refractivity contribution in [3.8, 4) is 0 Å². The molecule has 17 heavy (non-hydrogen) atoms. The molecule has 0 saturated carbocycles. The summed E-state index contributed by atoms with van der Waals surface area (Å²) in [6.45, 7) is 2.80. The summed E-state index contributed by atoms with van der Waals surface area (Å²) < 4.78 is 30.5. The van der Waals surface area contributed by atoms with Gasteiger partial charge in [-0.15, -0.1) is 0 Å². The fourth-order valence-corrected chi connectivity index (χ4v) is 3.71. The lowest BCUT2D eigenvalue weighted by Crippen LogP contribution is -2.49. The fraction of sp³-hybridized carbons (Fsp3) is 0.500. The van der Waals surface area contributed by atoms with Gasteiger partial charge in [-0.3, -0.25) is 4.79 Å². The van der Waals surface area contributed by atoms with E-state index >= 15 is 0 Å². The van der Waals surface area contributed by atoms with E-state index in [1.807, 2.05) is 0 Å². The van der Waals surface area contributed by atoms with Crippen LogP contribution in [-0.4, -0.2) is 32.0 Å². The quantitative estimate of drug-likeness (QED) is 0.839. The maximum atomic E-state index is 11.9. The van der Waals surface area contributed by atoms with Crippen LogP contribution in [0.1, 0.15) is 13.8 Å². The molecule has 0 spiro atoms. The van der Waals surface area contributed by atoms with Crippen molar-refractivity contribution in [3.63, 3.8) is 0 Å². The summed E-state index contributed by atoms with van der Waals surface area (Å²) in [5, 5.41) is 0. The molecule has 0 atom stereocenters. The van der Waals surface area contributed by atoms with Crippen LogP contribution in [0.25, 0.3) is 0 Å². The molecule has 96 valence electrons. The van der Waals surface area contributed by atoms with Crippen LogP contribution in [0.3, 0.4) is 0 Å². The molecule has 0 aromatic carbocycles. The molecule has 0 fully saturated rings. The van der Waals surface area contributed by atoms with Gasteiger partial charge >= 0.3 is 5.97 Å². The molecule has 0 aliphatic carbocycles. The average Bonchev–Trinajstić information content (AvgIpc) is 2.62. The van der Waals surface area contributed by atoms with Gasteiger partial charge < -0.3 is 4.74 Å². The Labute approximate surface area is 108 Å². The van der Waals surface area contributed by atoms with Gasteiger partial charge in [0.05, 0.1) is 13.3 Å². The van der Waals surface area contributed by atoms with E-state index in [4.69, 9.17) is 11.6 Å². The summed E-state index contributed by atoms with van der Waals surface area (Å²) in [6, 6.07) is 0. The molecular formula is C8H11ClN2O4S2. The van der Waals surface area contributed by atoms with E-state index in [-0.39, 0.29) is 8.68 Å². The number of ether oxygens (including phenoxy) is 1. The zero-order chi connectivity index (χ0) is 13.3. The van der Waals surface area contributed by atoms with E-state index in [2.05, 4.69) is 14.4 Å². The normalized spacial score (nSPS) is 12.5. The van der Waals surface area contributed by atoms with E-state index in [1.165, 1.54) is 21.0 Å². The van der Waals surface area contributed by atoms with Crippen LogP contribution < -0.4 is 4.72 Å². The molecule has 1 heterocycles. The van der Waals surface area contributed by atoms with Crippen molar-refractivity contribution in [2.45, 2.75) is 23.6 Å². The zero-order valence-corrected chi connectivity index (χ0v) is 11.7. The number of hydrogen-bond acceptors (Lipinski definition) is 6. The van der Waals surface area contributed by atoms with Crippen LogP contribution >= 0.6 is 22.9 Å². The molecule has 1 N–H and O–H groups in total. The second-order valence-corrected chi connectivity index (χ2v) is 7.18. The largest absolute Gasteiger partial charge is 0.468 e. The first kappa shape index (κ1) is 14.4. The molecule has 0 bridgehead atoms. The average molecular weight is 299 g/mol. The number of thiazole rings is 1. The predicted octanol–water partition coefficient (Wildman–Crippen LogP) is 1.03. The van der Waals surface area contributed by atoms with E-state index in [9.17, 15) is 13.2 Å². The molecule has 0 aliphatic heterocycles. The smallest absolute Gasteiger partial charge is 0.326 e. The molecule has 1 aromatic rings. The Morgan fingerprint density at radius 2 is 2.18 bits per heavy atom. The minimum atomic E-state index is -3.83. The third kappa shape index (κ3) is 3.38. The molecule has 1 rings (SSSR count). The molecule has 1 aromatic heterocycles. The van der Waals surface area contributed by atoms with Crippen molar-refractivity contribution in [1.82, 2.24) is 9.71 Å². The van der Waals surface area contributed by atoms with Gasteiger partial charge in [-0.2, -0.15) is 4.72 Å². The van der Waals surface area contributed by atoms with Crippen LogP contribution in [0.5, 0.6) is 0 Å². The van der Waals surface area contributed by atoms with Gasteiger partial charge in [0.25, 0.3) is 10.0 Å². The second-order valence-electron chi connectivity index (χ2n) is 3.65. The molecule has 9 heteroatoms. The highest BCUT2D eigenvalue weighted by Crippen LogP contribution is 2.23. The van der Waals surface area contributed by atoms with E-state index in [1.54, 1.807) is 0 Å². The Kier molecular flexibility index (Phi) is 4.13. The number of carbonyl (C=O) groups excluding carboxylic acids is 1. The number of sulfonamides is 1. The first-order valence-corrected chi connectivity index (χ1v) is 7.10. The summed E-state index contributed by atoms with van der Waals surface area (Å²) in [5.74, 6) is -0.684. The maximum absolute atomic E-state index is 11.9. The number of methoxy groups -OCH3 is 1. The summed E-state index contributed by atoms with van der Waals surface area (Å²) in [5.41, 5.74) is -1.36. The SMILES string of the molecule is COC(=O)C(C)(C)NS(=O)(=O)c1cnc(Cl)s1. The number of halogens is 1. The van der Waals surface area contributed by atoms with Crippen LogP contribution in [0.2, 0.25) is 4.47 Å². The Hall–Kier alpha value is -0.700. The van der Waals surface area contributed by atoms with Gasteiger partial charge in [-0.05, 0) is 13.8 Å². The highest BCUT2D eigenvalue weighted by molar-refractivity contribution is 7.91. The minimum Gasteiger partial charge on any atom is -0.468 e. The fourth-order valence-electron chi connectivity index (χ4n) is 1.05. The lowest BCUT2D eigenvalue weighted by atomic mass is 10.1. The van der Waals surface area contributed by atoms with Crippen LogP contribution in [0, 0.1) is 0 Å². The number of hydrogen-bond donors (Lipinski definition) is 1. The lowest BCUT2D eigenvalue weighted by molar-refractivity contribution is -0.146. The Morgan fingerprint density at radius 3 is 2.59 bits per heavy atom. The van der Waals surface area contributed by atoms with Crippen LogP contribution in [-0.2, 0) is 19.6 Å². The highest BCUT2D eigenvalue weighted by atomic mass is 35.5. The first-order valence-electron chi connectivity index (χ1n) is 4.43. The van der Waals surface area contributed by atoms with Gasteiger partial charge in [0.15, 0.2) is 8.68 Å². The standard InChI is InChI=1S/C8H11ClN2O4S2/c1-8(2,6(12)15-3)11-17(13,14)5-4-10-7(9)16-5/h4,11H,1-3H3. The maximum Gasteiger partial charge on any atom is 0.326 e. The van der Waals surface area contributed by atoms with Crippen molar-refractivity contribution in [1.29, 1.82) is 0 Å². The van der Waals surface area contributed by atoms with E-state index < -0.39 is 21.5 Å². The van der Waals surface area contributed by atoms with Gasteiger partial charge in [0.2, 0.25) is 0 Å². The van der Waals surface area contributed by atoms with Crippen molar-refractivity contribution < 1.29 is 17.9 Å². The van der Waals surface area contributed by atoms with Crippen molar-refractivity contribution in [2.24, 2.45) is 0 Å². The summed E-state index contributed by atoms with van der Waals surface area (Å²) >= 11 is 6.36. The monoisotopic (exact) mass is 298 g/mol. The second kappa shape index (κ2) is 4.89. The molecule has 0 unspecified atom stereocenters. The number of aromatic nitrogens is 1. The zero-order valence-electron chi connectivity index (χ0n) is 9.35. The molecular weight excluding hydrogens is 288 g/mol. The summed E-state index contributed by atoms with van der Waals surface area (Å²) in [7, 11) is -2.65. The van der Waals surface area contributed by atoms with E-state index in [0.717, 1.165) is 17.5 Å². The van der Waals surface area contributed by atoms with Gasteiger partial charge in [-0.25, -0.2) is 13.4 Å². The molecule has 0 saturated heterocycles. The first-order chi connectivity index (χ1) is 7.69. The number of nitrogens with zero attached hydrogens (tertiary/aromatic N) is 1. The van der Waals surface area contributed by atoms with Gasteiger partial charge in [0, 0.05) is 0 Å². The minimum absolute atomic E-state index is 0.0560. The number of esters is 1. The number of rotatable bonds is 4. The lowest BCUT2D eigenvalue weighted by Gasteiger charge is -2.22. The van der Waals surface area contributed by atoms with Crippen LogP contribution in [0.4, 0.5) is 0 Å². The van der Waals surface area contributed by atoms with E-state index in [0.29, 0.717) is 0 Å². The molecule has 0 amide bonds. The Balaban J connectivity index is 2.99. The molecule has 0 aliphatic rings. The van der Waals surface area contributed by atoms with Gasteiger partial charge in [-0.1, -0.05) is 22.9 Å². The Bertz CT molecular complexity index is 523. The highest BCUT2D eigenvalue weighted by Gasteiger charge is 2.34. The topological polar surface area (TPSA) is 85.4 Å². The summed E-state index contributed by atoms with van der Waals surface area (Å²) in [6.07, 6.45) is 1.13. The summed E-state index contributed by atoms with van der Waals surface area (Å²) in [4.78, 5) is 15.0. The number of nitrogens with one attached hydrogen (secondary N) is 1. The third-order valence-corrected chi connectivity index (χ3v) is 5.04. The van der Waals surface area contributed by atoms with Crippen molar-refractivity contribution >= 4 is 38.9 Å². The Morgan fingerprint density at radius 1 is 1.59 bits per heavy atom. The predicted molar refractivity (Wildman–Crippen MR) is 63.5 cm³/mol. The third-order valence-electron chi connectivity index (χ3n) is 1.81. The molecule has 0 radical (unpaired) electrons. The van der Waals surface area contributed by atoms with Crippen molar-refractivity contribution in [2.75, 3.05) is 7.11 Å². The number of carbonyl (C=O) groups is 1. The van der Waals surface area contributed by atoms with Crippen molar-refractivity contribution in [3.05, 3.63) is 10.7 Å². The molecule has 6 nitrogen and oxygen atoms in total.